The molecule has 0 spiro atoms. The first kappa shape index (κ1) is 19.8. The molecule has 144 valence electrons. The molecule has 0 unspecified atom stereocenters. The van der Waals surface area contributed by atoms with Crippen LogP contribution in [0.4, 0.5) is 11.4 Å². The Balaban J connectivity index is 1.59. The average Bonchev–Trinajstić information content (AvgIpc) is 3.07. The van der Waals surface area contributed by atoms with E-state index in [0.717, 1.165) is 36.3 Å². The SMILES string of the molecule is CCCCN(CCCC)c1ccc(CNc2ccc3c(c2)B(O)OC3)cc1. The van der Waals surface area contributed by atoms with Gasteiger partial charge in [0.1, 0.15) is 0 Å². The number of benzene rings is 2. The van der Waals surface area contributed by atoms with E-state index in [1.165, 1.54) is 36.9 Å². The predicted octanol–water partition coefficient (Wildman–Crippen LogP) is 3.92. The van der Waals surface area contributed by atoms with Gasteiger partial charge in [0, 0.05) is 31.0 Å². The maximum atomic E-state index is 9.84. The summed E-state index contributed by atoms with van der Waals surface area (Å²) in [4.78, 5) is 2.51. The van der Waals surface area contributed by atoms with Crippen molar-refractivity contribution < 1.29 is 9.68 Å². The second-order valence-corrected chi connectivity index (χ2v) is 7.29. The van der Waals surface area contributed by atoms with Crippen LogP contribution in [0, 0.1) is 0 Å². The van der Waals surface area contributed by atoms with E-state index in [9.17, 15) is 5.02 Å². The quantitative estimate of drug-likeness (QED) is 0.626. The molecule has 4 nitrogen and oxygen atoms in total. The highest BCUT2D eigenvalue weighted by atomic mass is 16.5. The molecule has 0 saturated carbocycles. The van der Waals surface area contributed by atoms with E-state index >= 15 is 0 Å². The Bertz CT molecular complexity index is 713. The van der Waals surface area contributed by atoms with Gasteiger partial charge in [-0.25, -0.2) is 0 Å². The molecule has 0 radical (unpaired) electrons. The van der Waals surface area contributed by atoms with Crippen molar-refractivity contribution in [3.63, 3.8) is 0 Å². The number of nitrogens with one attached hydrogen (secondary N) is 1. The van der Waals surface area contributed by atoms with Crippen molar-refractivity contribution in [2.45, 2.75) is 52.7 Å². The standard InChI is InChI=1S/C22H31BN2O2/c1-3-5-13-25(14-6-4-2)21-11-7-18(8-12-21)16-24-20-10-9-19-17-27-23(26)22(19)15-20/h7-12,15,24,26H,3-6,13-14,16-17H2,1-2H3. The third kappa shape index (κ3) is 5.27. The fourth-order valence-electron chi connectivity index (χ4n) is 3.42. The van der Waals surface area contributed by atoms with Crippen LogP contribution < -0.4 is 15.7 Å². The van der Waals surface area contributed by atoms with Crippen LogP contribution in [-0.4, -0.2) is 25.2 Å². The Hall–Kier alpha value is -1.98. The number of hydrogen-bond acceptors (Lipinski definition) is 4. The molecule has 0 aromatic heterocycles. The van der Waals surface area contributed by atoms with Gasteiger partial charge in [0.2, 0.25) is 0 Å². The highest BCUT2D eigenvalue weighted by Crippen LogP contribution is 2.19. The maximum absolute atomic E-state index is 9.84. The molecular weight excluding hydrogens is 335 g/mol. The molecule has 0 aliphatic carbocycles. The summed E-state index contributed by atoms with van der Waals surface area (Å²) in [6, 6.07) is 14.9. The molecule has 0 fully saturated rings. The Morgan fingerprint density at radius 2 is 1.74 bits per heavy atom. The zero-order chi connectivity index (χ0) is 19.1. The van der Waals surface area contributed by atoms with Crippen LogP contribution >= 0.6 is 0 Å². The number of fused-ring (bicyclic) bond motifs is 1. The molecule has 0 atom stereocenters. The molecule has 5 heteroatoms. The van der Waals surface area contributed by atoms with Crippen LogP contribution in [0.5, 0.6) is 0 Å². The van der Waals surface area contributed by atoms with Crippen molar-refractivity contribution in [3.05, 3.63) is 53.6 Å². The van der Waals surface area contributed by atoms with Gasteiger partial charge in [-0.2, -0.15) is 0 Å². The maximum Gasteiger partial charge on any atom is 0.491 e. The van der Waals surface area contributed by atoms with E-state index < -0.39 is 7.12 Å². The van der Waals surface area contributed by atoms with Crippen molar-refractivity contribution in [1.82, 2.24) is 0 Å². The third-order valence-electron chi connectivity index (χ3n) is 5.17. The first-order chi connectivity index (χ1) is 13.2. The minimum Gasteiger partial charge on any atom is -0.423 e. The van der Waals surface area contributed by atoms with Crippen LogP contribution in [0.2, 0.25) is 0 Å². The second-order valence-electron chi connectivity index (χ2n) is 7.29. The highest BCUT2D eigenvalue weighted by molar-refractivity contribution is 6.61. The van der Waals surface area contributed by atoms with Crippen molar-refractivity contribution in [1.29, 1.82) is 0 Å². The lowest BCUT2D eigenvalue weighted by Gasteiger charge is -2.25. The van der Waals surface area contributed by atoms with E-state index in [4.69, 9.17) is 4.65 Å². The molecule has 0 saturated heterocycles. The molecule has 27 heavy (non-hydrogen) atoms. The molecule has 2 aromatic rings. The Morgan fingerprint density at radius 1 is 1.04 bits per heavy atom. The zero-order valence-corrected chi connectivity index (χ0v) is 16.6. The van der Waals surface area contributed by atoms with Crippen LogP contribution in [0.25, 0.3) is 0 Å². The summed E-state index contributed by atoms with van der Waals surface area (Å²) in [5.74, 6) is 0. The van der Waals surface area contributed by atoms with Crippen molar-refractivity contribution in [2.24, 2.45) is 0 Å². The van der Waals surface area contributed by atoms with Crippen LogP contribution in [0.1, 0.15) is 50.7 Å². The van der Waals surface area contributed by atoms with Gasteiger partial charge in [-0.15, -0.1) is 0 Å². The normalized spacial score (nSPS) is 12.9. The Morgan fingerprint density at radius 3 is 2.41 bits per heavy atom. The van der Waals surface area contributed by atoms with Gasteiger partial charge in [0.05, 0.1) is 6.61 Å². The fourth-order valence-corrected chi connectivity index (χ4v) is 3.42. The van der Waals surface area contributed by atoms with Gasteiger partial charge < -0.3 is 19.9 Å². The molecule has 3 rings (SSSR count). The molecule has 1 aliphatic heterocycles. The second kappa shape index (κ2) is 9.81. The molecule has 0 bridgehead atoms. The first-order valence-electron chi connectivity index (χ1n) is 10.2. The summed E-state index contributed by atoms with van der Waals surface area (Å²) in [6.07, 6.45) is 4.93. The van der Waals surface area contributed by atoms with Crippen molar-refractivity contribution >= 4 is 24.0 Å². The topological polar surface area (TPSA) is 44.7 Å². The van der Waals surface area contributed by atoms with Gasteiger partial charge >= 0.3 is 7.12 Å². The number of nitrogens with zero attached hydrogens (tertiary/aromatic N) is 1. The molecule has 2 N–H and O–H groups in total. The number of anilines is 2. The monoisotopic (exact) mass is 366 g/mol. The summed E-state index contributed by atoms with van der Waals surface area (Å²) >= 11 is 0. The summed E-state index contributed by atoms with van der Waals surface area (Å²) in [6.45, 7) is 8.01. The van der Waals surface area contributed by atoms with Gasteiger partial charge in [-0.1, -0.05) is 44.9 Å². The Labute approximate surface area is 163 Å². The van der Waals surface area contributed by atoms with E-state index in [0.29, 0.717) is 6.61 Å². The minimum absolute atomic E-state index is 0.491. The highest BCUT2D eigenvalue weighted by Gasteiger charge is 2.27. The van der Waals surface area contributed by atoms with E-state index in [-0.39, 0.29) is 0 Å². The molecule has 1 heterocycles. The molecule has 0 amide bonds. The minimum atomic E-state index is -0.793. The average molecular weight is 366 g/mol. The van der Waals surface area contributed by atoms with Gasteiger partial charge in [-0.05, 0) is 53.7 Å². The summed E-state index contributed by atoms with van der Waals surface area (Å²) < 4.78 is 5.26. The van der Waals surface area contributed by atoms with Gasteiger partial charge in [-0.3, -0.25) is 0 Å². The van der Waals surface area contributed by atoms with E-state index in [1.807, 2.05) is 18.2 Å². The lowest BCUT2D eigenvalue weighted by atomic mass is 9.79. The zero-order valence-electron chi connectivity index (χ0n) is 16.6. The molecule has 1 aliphatic rings. The van der Waals surface area contributed by atoms with Crippen LogP contribution in [0.3, 0.4) is 0 Å². The van der Waals surface area contributed by atoms with Gasteiger partial charge in [0.25, 0.3) is 0 Å². The Kier molecular flexibility index (Phi) is 7.19. The number of unbranched alkanes of at least 4 members (excludes halogenated alkanes) is 2. The predicted molar refractivity (Wildman–Crippen MR) is 115 cm³/mol. The van der Waals surface area contributed by atoms with Crippen molar-refractivity contribution in [3.8, 4) is 0 Å². The lowest BCUT2D eigenvalue weighted by Crippen LogP contribution is -2.28. The third-order valence-corrected chi connectivity index (χ3v) is 5.17. The lowest BCUT2D eigenvalue weighted by molar-refractivity contribution is 0.275. The molecule has 2 aromatic carbocycles. The van der Waals surface area contributed by atoms with Gasteiger partial charge in [0.15, 0.2) is 0 Å². The summed E-state index contributed by atoms with van der Waals surface area (Å²) in [5.41, 5.74) is 5.52. The van der Waals surface area contributed by atoms with E-state index in [1.54, 1.807) is 0 Å². The smallest absolute Gasteiger partial charge is 0.423 e. The molecular formula is C22H31BN2O2. The summed E-state index contributed by atoms with van der Waals surface area (Å²) in [7, 11) is -0.793. The van der Waals surface area contributed by atoms with Crippen LogP contribution in [0.15, 0.2) is 42.5 Å². The van der Waals surface area contributed by atoms with Crippen LogP contribution in [-0.2, 0) is 17.8 Å². The number of rotatable bonds is 10. The van der Waals surface area contributed by atoms with Crippen molar-refractivity contribution in [2.75, 3.05) is 23.3 Å². The first-order valence-corrected chi connectivity index (χ1v) is 10.2. The number of hydrogen-bond donors (Lipinski definition) is 2. The summed E-state index contributed by atoms with van der Waals surface area (Å²) in [5, 5.41) is 13.3. The largest absolute Gasteiger partial charge is 0.491 e. The fraction of sp³-hybridized carbons (Fsp3) is 0.455. The van der Waals surface area contributed by atoms with E-state index in [2.05, 4.69) is 48.3 Å².